The Morgan fingerprint density at radius 2 is 0.754 bits per heavy atom. The minimum absolute atomic E-state index is 0.170. The zero-order valence-electron chi connectivity index (χ0n) is 37.5. The van der Waals surface area contributed by atoms with E-state index in [1.807, 2.05) is 47.0 Å². The molecule has 2 aromatic heterocycles. The average molecular weight is 858 g/mol. The van der Waals surface area contributed by atoms with Gasteiger partial charge in [0, 0.05) is 38.6 Å². The number of nitrogens with zero attached hydrogens (tertiary/aromatic N) is 2. The molecule has 0 amide bonds. The quantitative estimate of drug-likeness (QED) is 0.145. The standard InChI is InChI=1S/C60H33B7N2/c61-52-48(53(62)57(66)59-50(52)51-54(63)55(64)56(65)58(67)60(51)69(59)43-22-11-20-39(32-43)36-17-8-3-9-18-36)41-27-30-46-45(33-41)49-44(40-21-10-19-38(31-40)35-15-6-2-7-16-35)23-12-24-47(49)68(46)42-28-25-37(26-29-42)34-13-4-1-5-14-34/h1-33H. The Morgan fingerprint density at radius 1 is 0.261 bits per heavy atom. The molecule has 0 aliphatic heterocycles. The number of hydrogen-bond donors (Lipinski definition) is 0. The van der Waals surface area contributed by atoms with Crippen molar-refractivity contribution in [2.45, 2.75) is 0 Å². The summed E-state index contributed by atoms with van der Waals surface area (Å²) in [6.45, 7) is 0. The summed E-state index contributed by atoms with van der Waals surface area (Å²) >= 11 is 0. The maximum atomic E-state index is 7.49. The van der Waals surface area contributed by atoms with Gasteiger partial charge in [0.15, 0.2) is 0 Å². The summed E-state index contributed by atoms with van der Waals surface area (Å²) in [5, 5.41) is 3.20. The Morgan fingerprint density at radius 3 is 1.41 bits per heavy atom. The molecule has 10 aromatic carbocycles. The van der Waals surface area contributed by atoms with E-state index in [0.717, 1.165) is 83.3 Å². The molecule has 0 atom stereocenters. The van der Waals surface area contributed by atoms with Crippen molar-refractivity contribution in [3.63, 3.8) is 0 Å². The average Bonchev–Trinajstić information content (AvgIpc) is 3.94. The lowest BCUT2D eigenvalue weighted by molar-refractivity contribution is 1.18. The zero-order valence-corrected chi connectivity index (χ0v) is 37.5. The first-order chi connectivity index (χ1) is 33.7. The van der Waals surface area contributed by atoms with Crippen LogP contribution in [0.1, 0.15) is 0 Å². The van der Waals surface area contributed by atoms with Crippen molar-refractivity contribution < 1.29 is 0 Å². The molecule has 0 aliphatic carbocycles. The van der Waals surface area contributed by atoms with Crippen molar-refractivity contribution in [3.05, 3.63) is 200 Å². The van der Waals surface area contributed by atoms with Crippen LogP contribution in [0.25, 0.3) is 111 Å². The highest BCUT2D eigenvalue weighted by atomic mass is 15.0. The van der Waals surface area contributed by atoms with Crippen LogP contribution in [0.3, 0.4) is 0 Å². The molecule has 304 valence electrons. The van der Waals surface area contributed by atoms with Crippen LogP contribution in [0, 0.1) is 0 Å². The van der Waals surface area contributed by atoms with Gasteiger partial charge in [-0.1, -0.05) is 179 Å². The molecule has 0 aliphatic rings. The molecule has 0 bridgehead atoms. The molecule has 2 heterocycles. The van der Waals surface area contributed by atoms with Crippen LogP contribution < -0.4 is 38.2 Å². The molecule has 0 unspecified atom stereocenters. The van der Waals surface area contributed by atoms with Crippen LogP contribution in [0.4, 0.5) is 0 Å². The second-order valence-corrected chi connectivity index (χ2v) is 17.6. The Labute approximate surface area is 410 Å². The highest BCUT2D eigenvalue weighted by Crippen LogP contribution is 2.41. The second-order valence-electron chi connectivity index (χ2n) is 17.6. The van der Waals surface area contributed by atoms with Crippen LogP contribution in [-0.4, -0.2) is 64.1 Å². The highest BCUT2D eigenvalue weighted by Gasteiger charge is 2.25. The summed E-state index contributed by atoms with van der Waals surface area (Å²) in [5.74, 6) is 0. The Hall–Kier alpha value is -7.75. The topological polar surface area (TPSA) is 9.86 Å². The smallest absolute Gasteiger partial charge is 0.115 e. The van der Waals surface area contributed by atoms with E-state index >= 15 is 0 Å². The van der Waals surface area contributed by atoms with Gasteiger partial charge in [-0.2, -0.15) is 0 Å². The monoisotopic (exact) mass is 858 g/mol. The summed E-state index contributed by atoms with van der Waals surface area (Å²) in [7, 11) is 49.2. The summed E-state index contributed by atoms with van der Waals surface area (Å²) in [4.78, 5) is 0. The van der Waals surface area contributed by atoms with Gasteiger partial charge >= 0.3 is 0 Å². The third-order valence-corrected chi connectivity index (χ3v) is 13.7. The summed E-state index contributed by atoms with van der Waals surface area (Å²) < 4.78 is 4.28. The van der Waals surface area contributed by atoms with Gasteiger partial charge in [-0.25, -0.2) is 0 Å². The van der Waals surface area contributed by atoms with Gasteiger partial charge < -0.3 is 9.13 Å². The minimum Gasteiger partial charge on any atom is -0.311 e. The molecule has 0 fully saturated rings. The van der Waals surface area contributed by atoms with Gasteiger partial charge in [0.1, 0.15) is 54.9 Å². The lowest BCUT2D eigenvalue weighted by atomic mass is 9.64. The fourth-order valence-corrected chi connectivity index (χ4v) is 10.4. The molecule has 2 nitrogen and oxygen atoms in total. The van der Waals surface area contributed by atoms with Crippen molar-refractivity contribution in [2.75, 3.05) is 0 Å². The van der Waals surface area contributed by atoms with Crippen LogP contribution >= 0.6 is 0 Å². The maximum absolute atomic E-state index is 7.49. The Balaban J connectivity index is 1.13. The zero-order chi connectivity index (χ0) is 47.1. The molecular formula is C60H33B7N2. The molecule has 0 saturated carbocycles. The minimum atomic E-state index is 0.170. The predicted molar refractivity (Wildman–Crippen MR) is 300 cm³/mol. The Kier molecular flexibility index (Phi) is 10.4. The summed E-state index contributed by atoms with van der Waals surface area (Å²) in [6, 6.07) is 69.4. The number of hydrogen-bond acceptors (Lipinski definition) is 0. The first kappa shape index (κ1) is 42.6. The second kappa shape index (κ2) is 16.8. The number of benzene rings is 10. The van der Waals surface area contributed by atoms with Gasteiger partial charge in [0.05, 0.1) is 11.0 Å². The van der Waals surface area contributed by atoms with Crippen LogP contribution in [0.2, 0.25) is 0 Å². The molecule has 9 heteroatoms. The van der Waals surface area contributed by atoms with Crippen LogP contribution in [-0.2, 0) is 0 Å². The van der Waals surface area contributed by atoms with E-state index in [1.54, 1.807) is 0 Å². The number of aromatic nitrogens is 2. The largest absolute Gasteiger partial charge is 0.311 e. The molecule has 12 rings (SSSR count). The molecule has 0 N–H and O–H groups in total. The third-order valence-electron chi connectivity index (χ3n) is 13.7. The summed E-state index contributed by atoms with van der Waals surface area (Å²) in [5.41, 5.74) is 16.9. The number of rotatable bonds is 7. The van der Waals surface area contributed by atoms with E-state index < -0.39 is 0 Å². The fourth-order valence-electron chi connectivity index (χ4n) is 10.4. The van der Waals surface area contributed by atoms with Crippen molar-refractivity contribution >= 4 is 137 Å². The van der Waals surface area contributed by atoms with E-state index in [-0.39, 0.29) is 21.9 Å². The Bertz CT molecular complexity index is 4010. The molecule has 12 aromatic rings. The van der Waals surface area contributed by atoms with Crippen LogP contribution in [0.5, 0.6) is 0 Å². The van der Waals surface area contributed by atoms with E-state index in [1.165, 1.54) is 0 Å². The first-order valence-corrected chi connectivity index (χ1v) is 22.8. The van der Waals surface area contributed by atoms with Crippen molar-refractivity contribution in [3.8, 4) is 67.0 Å². The van der Waals surface area contributed by atoms with Gasteiger partial charge in [0.25, 0.3) is 0 Å². The van der Waals surface area contributed by atoms with E-state index in [2.05, 4.69) is 162 Å². The van der Waals surface area contributed by atoms with Crippen molar-refractivity contribution in [2.24, 2.45) is 0 Å². The van der Waals surface area contributed by atoms with E-state index in [0.29, 0.717) is 43.8 Å². The predicted octanol–water partition coefficient (Wildman–Crippen LogP) is 7.77. The van der Waals surface area contributed by atoms with Gasteiger partial charge in [0.2, 0.25) is 0 Å². The molecule has 69 heavy (non-hydrogen) atoms. The van der Waals surface area contributed by atoms with E-state index in [4.69, 9.17) is 54.9 Å². The van der Waals surface area contributed by atoms with Gasteiger partial charge in [-0.05, 0) is 110 Å². The first-order valence-electron chi connectivity index (χ1n) is 22.8. The van der Waals surface area contributed by atoms with Crippen LogP contribution in [0.15, 0.2) is 200 Å². The van der Waals surface area contributed by atoms with Crippen molar-refractivity contribution in [1.29, 1.82) is 0 Å². The highest BCUT2D eigenvalue weighted by molar-refractivity contribution is 6.69. The van der Waals surface area contributed by atoms with Crippen molar-refractivity contribution in [1.82, 2.24) is 9.13 Å². The van der Waals surface area contributed by atoms with Gasteiger partial charge in [-0.15, -0.1) is 10.9 Å². The fraction of sp³-hybridized carbons (Fsp3) is 0. The maximum Gasteiger partial charge on any atom is 0.115 e. The summed E-state index contributed by atoms with van der Waals surface area (Å²) in [6.07, 6.45) is 0. The third kappa shape index (κ3) is 6.81. The van der Waals surface area contributed by atoms with Gasteiger partial charge in [-0.3, -0.25) is 0 Å². The molecular weight excluding hydrogens is 824 g/mol. The number of fused-ring (bicyclic) bond motifs is 6. The van der Waals surface area contributed by atoms with E-state index in [9.17, 15) is 0 Å². The lowest BCUT2D eigenvalue weighted by Crippen LogP contribution is -2.48. The normalized spacial score (nSPS) is 11.6. The molecule has 14 radical (unpaired) electrons. The SMILES string of the molecule is [B]c1c([B])c([B])c2c(c1[B])c1c([B])c(-c3ccc4c(c3)c3c(-c5cccc(-c6ccccc6)c5)cccc3n4-c3ccc(-c4ccccc4)cc3)c([B])c([B])c1n2-c1cccc(-c2ccccc2)c1. The molecule has 0 spiro atoms. The lowest BCUT2D eigenvalue weighted by Gasteiger charge is -2.19. The molecule has 0 saturated heterocycles.